The van der Waals surface area contributed by atoms with Crippen LogP contribution < -0.4 is 9.47 Å². The molecule has 23 heavy (non-hydrogen) atoms. The lowest BCUT2D eigenvalue weighted by Crippen LogP contribution is -2.03. The number of halogens is 1. The van der Waals surface area contributed by atoms with Gasteiger partial charge < -0.3 is 9.47 Å². The van der Waals surface area contributed by atoms with Crippen molar-refractivity contribution < 1.29 is 14.3 Å². The van der Waals surface area contributed by atoms with E-state index < -0.39 is 0 Å². The summed E-state index contributed by atoms with van der Waals surface area (Å²) in [6.45, 7) is 5.75. The molecule has 0 aliphatic carbocycles. The quantitative estimate of drug-likeness (QED) is 0.217. The van der Waals surface area contributed by atoms with Crippen LogP contribution in [0.2, 0.25) is 0 Å². The summed E-state index contributed by atoms with van der Waals surface area (Å²) in [6.07, 6.45) is 10.2. The van der Waals surface area contributed by atoms with Crippen LogP contribution in [0.1, 0.15) is 75.6 Å². The summed E-state index contributed by atoms with van der Waals surface area (Å²) in [5, 5.41) is 0. The Morgan fingerprint density at radius 2 is 1.43 bits per heavy atom. The molecule has 0 aliphatic rings. The van der Waals surface area contributed by atoms with E-state index in [0.29, 0.717) is 24.5 Å². The van der Waals surface area contributed by atoms with E-state index in [0.717, 1.165) is 28.4 Å². The maximum absolute atomic E-state index is 11.3. The van der Waals surface area contributed by atoms with E-state index in [2.05, 4.69) is 36.4 Å². The van der Waals surface area contributed by atoms with Crippen LogP contribution in [0.3, 0.4) is 0 Å². The molecule has 1 rings (SSSR count). The average Bonchev–Trinajstić information content (AvgIpc) is 2.56. The SMILES string of the molecule is CCCCCCOc1cc(C=O)c(OCCCCCC)cc1I. The lowest BCUT2D eigenvalue weighted by Gasteiger charge is -2.13. The van der Waals surface area contributed by atoms with Gasteiger partial charge in [-0.05, 0) is 47.6 Å². The third-order valence-electron chi connectivity index (χ3n) is 3.70. The molecule has 1 aromatic rings. The predicted octanol–water partition coefficient (Wildman–Crippen LogP) is 6.02. The van der Waals surface area contributed by atoms with Gasteiger partial charge in [-0.2, -0.15) is 0 Å². The van der Waals surface area contributed by atoms with Gasteiger partial charge in [0.1, 0.15) is 11.5 Å². The fourth-order valence-corrected chi connectivity index (χ4v) is 2.89. The van der Waals surface area contributed by atoms with Crippen molar-refractivity contribution in [3.05, 3.63) is 21.3 Å². The minimum absolute atomic E-state index is 0.574. The highest BCUT2D eigenvalue weighted by Gasteiger charge is 2.10. The number of hydrogen-bond acceptors (Lipinski definition) is 3. The number of rotatable bonds is 13. The second-order valence-corrected chi connectivity index (χ2v) is 6.92. The zero-order valence-corrected chi connectivity index (χ0v) is 16.6. The van der Waals surface area contributed by atoms with Crippen LogP contribution in [0.4, 0.5) is 0 Å². The van der Waals surface area contributed by atoms with Crippen molar-refractivity contribution in [2.75, 3.05) is 13.2 Å². The summed E-state index contributed by atoms with van der Waals surface area (Å²) in [5.41, 5.74) is 0.574. The Morgan fingerprint density at radius 1 is 0.870 bits per heavy atom. The van der Waals surface area contributed by atoms with E-state index in [1.165, 1.54) is 38.5 Å². The van der Waals surface area contributed by atoms with E-state index in [4.69, 9.17) is 9.47 Å². The smallest absolute Gasteiger partial charge is 0.153 e. The normalized spacial score (nSPS) is 10.6. The van der Waals surface area contributed by atoms with E-state index in [1.807, 2.05) is 6.07 Å². The predicted molar refractivity (Wildman–Crippen MR) is 104 cm³/mol. The highest BCUT2D eigenvalue weighted by molar-refractivity contribution is 14.1. The van der Waals surface area contributed by atoms with Gasteiger partial charge in [0.15, 0.2) is 6.29 Å². The van der Waals surface area contributed by atoms with Crippen molar-refractivity contribution in [1.82, 2.24) is 0 Å². The highest BCUT2D eigenvalue weighted by Crippen LogP contribution is 2.29. The number of carbonyl (C=O) groups is 1. The van der Waals surface area contributed by atoms with Crippen molar-refractivity contribution in [3.63, 3.8) is 0 Å². The van der Waals surface area contributed by atoms with Crippen molar-refractivity contribution in [1.29, 1.82) is 0 Å². The van der Waals surface area contributed by atoms with Gasteiger partial charge in [-0.1, -0.05) is 52.4 Å². The van der Waals surface area contributed by atoms with Gasteiger partial charge in [-0.15, -0.1) is 0 Å². The van der Waals surface area contributed by atoms with Gasteiger partial charge in [-0.25, -0.2) is 0 Å². The Bertz CT molecular complexity index is 460. The zero-order valence-electron chi connectivity index (χ0n) is 14.4. The lowest BCUT2D eigenvalue weighted by molar-refractivity contribution is 0.111. The largest absolute Gasteiger partial charge is 0.493 e. The molecule has 0 unspecified atom stereocenters. The molecule has 0 N–H and O–H groups in total. The fraction of sp³-hybridized carbons (Fsp3) is 0.632. The van der Waals surface area contributed by atoms with E-state index in [-0.39, 0.29) is 0 Å². The average molecular weight is 432 g/mol. The van der Waals surface area contributed by atoms with Gasteiger partial charge in [0.2, 0.25) is 0 Å². The first kappa shape index (κ1) is 20.3. The van der Waals surface area contributed by atoms with Crippen LogP contribution >= 0.6 is 22.6 Å². The molecule has 0 fully saturated rings. The molecule has 0 bridgehead atoms. The van der Waals surface area contributed by atoms with Crippen molar-refractivity contribution in [2.24, 2.45) is 0 Å². The van der Waals surface area contributed by atoms with Crippen LogP contribution in [0.5, 0.6) is 11.5 Å². The molecule has 0 radical (unpaired) electrons. The first-order valence-electron chi connectivity index (χ1n) is 8.77. The number of carbonyl (C=O) groups excluding carboxylic acids is 1. The molecular formula is C19H29IO3. The number of hydrogen-bond donors (Lipinski definition) is 0. The molecule has 1 aromatic carbocycles. The van der Waals surface area contributed by atoms with Crippen LogP contribution in [-0.4, -0.2) is 19.5 Å². The molecule has 4 heteroatoms. The molecule has 0 atom stereocenters. The molecule has 0 saturated carbocycles. The number of unbranched alkanes of at least 4 members (excludes halogenated alkanes) is 6. The molecule has 0 aromatic heterocycles. The van der Waals surface area contributed by atoms with Crippen molar-refractivity contribution in [3.8, 4) is 11.5 Å². The standard InChI is InChI=1S/C19H29IO3/c1-3-5-7-9-11-22-18-14-17(20)19(13-16(18)15-21)23-12-10-8-6-4-2/h13-15H,3-12H2,1-2H3. The maximum atomic E-state index is 11.3. The zero-order chi connectivity index (χ0) is 16.9. The first-order valence-corrected chi connectivity index (χ1v) is 9.85. The van der Waals surface area contributed by atoms with Gasteiger partial charge in [0, 0.05) is 0 Å². The van der Waals surface area contributed by atoms with E-state index >= 15 is 0 Å². The molecule has 0 spiro atoms. The summed E-state index contributed by atoms with van der Waals surface area (Å²) in [4.78, 5) is 11.3. The third-order valence-corrected chi connectivity index (χ3v) is 4.55. The van der Waals surface area contributed by atoms with Crippen molar-refractivity contribution in [2.45, 2.75) is 65.2 Å². The Morgan fingerprint density at radius 3 is 1.96 bits per heavy atom. The molecule has 0 saturated heterocycles. The number of ether oxygens (including phenoxy) is 2. The molecule has 0 aliphatic heterocycles. The Kier molecular flexibility index (Phi) is 11.1. The summed E-state index contributed by atoms with van der Waals surface area (Å²) < 4.78 is 12.6. The molecule has 0 amide bonds. The molecule has 3 nitrogen and oxygen atoms in total. The second-order valence-electron chi connectivity index (χ2n) is 5.76. The van der Waals surface area contributed by atoms with Crippen LogP contribution in [0, 0.1) is 3.57 Å². The van der Waals surface area contributed by atoms with Gasteiger partial charge in [0.05, 0.1) is 22.3 Å². The van der Waals surface area contributed by atoms with Crippen LogP contribution in [-0.2, 0) is 0 Å². The second kappa shape index (κ2) is 12.6. The maximum Gasteiger partial charge on any atom is 0.153 e. The molecular weight excluding hydrogens is 403 g/mol. The topological polar surface area (TPSA) is 35.5 Å². The summed E-state index contributed by atoms with van der Waals surface area (Å²) in [6, 6.07) is 3.71. The van der Waals surface area contributed by atoms with E-state index in [1.54, 1.807) is 6.07 Å². The van der Waals surface area contributed by atoms with Crippen LogP contribution in [0.15, 0.2) is 12.1 Å². The van der Waals surface area contributed by atoms with E-state index in [9.17, 15) is 4.79 Å². The summed E-state index contributed by atoms with van der Waals surface area (Å²) in [7, 11) is 0. The van der Waals surface area contributed by atoms with Gasteiger partial charge in [0.25, 0.3) is 0 Å². The summed E-state index contributed by atoms with van der Waals surface area (Å²) >= 11 is 2.24. The molecule has 0 heterocycles. The van der Waals surface area contributed by atoms with Gasteiger partial charge >= 0.3 is 0 Å². The molecule has 130 valence electrons. The number of benzene rings is 1. The Hall–Kier alpha value is -0.780. The fourth-order valence-electron chi connectivity index (χ4n) is 2.30. The Balaban J connectivity index is 2.54. The first-order chi connectivity index (χ1) is 11.2. The minimum Gasteiger partial charge on any atom is -0.493 e. The van der Waals surface area contributed by atoms with Gasteiger partial charge in [-0.3, -0.25) is 4.79 Å². The lowest BCUT2D eigenvalue weighted by atomic mass is 10.2. The van der Waals surface area contributed by atoms with Crippen molar-refractivity contribution >= 4 is 28.9 Å². The number of aldehydes is 1. The Labute approximate surface area is 154 Å². The third kappa shape index (κ3) is 8.04. The summed E-state index contributed by atoms with van der Waals surface area (Å²) in [5.74, 6) is 1.45. The monoisotopic (exact) mass is 432 g/mol. The van der Waals surface area contributed by atoms with Crippen LogP contribution in [0.25, 0.3) is 0 Å². The highest BCUT2D eigenvalue weighted by atomic mass is 127. The minimum atomic E-state index is 0.574.